The van der Waals surface area contributed by atoms with Gasteiger partial charge in [-0.15, -0.1) is 0 Å². The predicted molar refractivity (Wildman–Crippen MR) is 119 cm³/mol. The molecule has 7 fully saturated rings. The molecule has 36 heavy (non-hydrogen) atoms. The van der Waals surface area contributed by atoms with Crippen molar-refractivity contribution in [2.75, 3.05) is 0 Å². The van der Waals surface area contributed by atoms with Crippen LogP contribution >= 0.6 is 0 Å². The van der Waals surface area contributed by atoms with E-state index in [1.54, 1.807) is 0 Å². The molecule has 200 valence electrons. The van der Waals surface area contributed by atoms with Crippen molar-refractivity contribution < 1.29 is 41.8 Å². The van der Waals surface area contributed by atoms with Crippen molar-refractivity contribution in [3.05, 3.63) is 0 Å². The van der Waals surface area contributed by atoms with Crippen LogP contribution in [0.25, 0.3) is 0 Å². The smallest absolute Gasteiger partial charge is 0.404 e. The molecule has 1 aliphatic heterocycles. The second kappa shape index (κ2) is 7.85. The van der Waals surface area contributed by atoms with E-state index in [0.29, 0.717) is 36.5 Å². The van der Waals surface area contributed by atoms with E-state index in [-0.39, 0.29) is 5.92 Å². The minimum atomic E-state index is -4.78. The number of fused-ring (bicyclic) bond motifs is 1. The topological polar surface area (TPSA) is 78.9 Å². The van der Waals surface area contributed by atoms with Crippen LogP contribution in [0.15, 0.2) is 0 Å². The van der Waals surface area contributed by atoms with Crippen LogP contribution in [0, 0.1) is 52.8 Å². The molecule has 0 aromatic carbocycles. The maximum absolute atomic E-state index is 13.8. The van der Waals surface area contributed by atoms with Gasteiger partial charge in [-0.05, 0) is 82.0 Å². The van der Waals surface area contributed by atoms with Gasteiger partial charge in [0.25, 0.3) is 0 Å². The van der Waals surface area contributed by atoms with E-state index in [4.69, 9.17) is 14.2 Å². The lowest BCUT2D eigenvalue weighted by molar-refractivity contribution is -0.238. The highest BCUT2D eigenvalue weighted by atomic mass is 19.4. The van der Waals surface area contributed by atoms with Crippen molar-refractivity contribution in [1.29, 1.82) is 0 Å². The Hall–Kier alpha value is -1.80. The van der Waals surface area contributed by atoms with Crippen molar-refractivity contribution in [3.63, 3.8) is 0 Å². The first-order valence-electron chi connectivity index (χ1n) is 13.6. The van der Waals surface area contributed by atoms with Crippen LogP contribution in [0.2, 0.25) is 0 Å². The second-order valence-electron chi connectivity index (χ2n) is 12.6. The third-order valence-electron chi connectivity index (χ3n) is 11.2. The molecule has 0 amide bonds. The van der Waals surface area contributed by atoms with Gasteiger partial charge in [-0.3, -0.25) is 14.4 Å². The largest absolute Gasteiger partial charge is 0.458 e. The fourth-order valence-electron chi connectivity index (χ4n) is 9.24. The number of carbonyl (C=O) groups is 3. The lowest BCUT2D eigenvalue weighted by Crippen LogP contribution is -2.60. The summed E-state index contributed by atoms with van der Waals surface area (Å²) in [5, 5.41) is 0. The van der Waals surface area contributed by atoms with Gasteiger partial charge in [-0.25, -0.2) is 0 Å². The molecule has 6 nitrogen and oxygen atoms in total. The zero-order valence-electron chi connectivity index (χ0n) is 21.0. The molecule has 1 heterocycles. The summed E-state index contributed by atoms with van der Waals surface area (Å²) in [6.45, 7) is 4.18. The number of rotatable bonds is 6. The van der Waals surface area contributed by atoms with E-state index < -0.39 is 71.5 Å². The van der Waals surface area contributed by atoms with Crippen molar-refractivity contribution in [1.82, 2.24) is 0 Å². The Morgan fingerprint density at radius 2 is 1.61 bits per heavy atom. The maximum Gasteiger partial charge on any atom is 0.404 e. The van der Waals surface area contributed by atoms with E-state index in [2.05, 4.69) is 6.92 Å². The minimum absolute atomic E-state index is 0.315. The molecular weight excluding hydrogens is 477 g/mol. The standard InChI is InChI=1S/C27H35F3O6/c1-4-25(3,27(28,29)30)24(33)35-21-17-11-16-18(22(31)34-20(16)21)19(17)23(32)36-26(5-2)14-7-12-6-13(9-14)10-15(26)8-12/h12-21H,4-11H2,1-3H3. The van der Waals surface area contributed by atoms with E-state index >= 15 is 0 Å². The molecule has 0 spiro atoms. The van der Waals surface area contributed by atoms with Crippen LogP contribution in [-0.2, 0) is 28.6 Å². The van der Waals surface area contributed by atoms with Crippen LogP contribution in [0.1, 0.15) is 72.1 Å². The average Bonchev–Trinajstić information content (AvgIpc) is 3.43. The monoisotopic (exact) mass is 512 g/mol. The molecule has 6 saturated carbocycles. The van der Waals surface area contributed by atoms with Gasteiger partial charge < -0.3 is 14.2 Å². The highest BCUT2D eigenvalue weighted by molar-refractivity contribution is 5.86. The maximum atomic E-state index is 13.8. The number of carbonyl (C=O) groups excluding carboxylic acids is 3. The van der Waals surface area contributed by atoms with Gasteiger partial charge in [0.2, 0.25) is 0 Å². The molecule has 0 aromatic rings. The third-order valence-corrected chi connectivity index (χ3v) is 11.2. The number of alkyl halides is 3. The molecule has 7 aliphatic rings. The third kappa shape index (κ3) is 3.12. The van der Waals surface area contributed by atoms with Gasteiger partial charge in [0, 0.05) is 11.8 Å². The van der Waals surface area contributed by atoms with Gasteiger partial charge in [-0.1, -0.05) is 13.8 Å². The first-order valence-corrected chi connectivity index (χ1v) is 13.6. The first kappa shape index (κ1) is 24.5. The number of halogens is 3. The van der Waals surface area contributed by atoms with Crippen LogP contribution in [0.5, 0.6) is 0 Å². The minimum Gasteiger partial charge on any atom is -0.458 e. The van der Waals surface area contributed by atoms with Gasteiger partial charge in [-0.2, -0.15) is 13.2 Å². The van der Waals surface area contributed by atoms with Gasteiger partial charge >= 0.3 is 24.1 Å². The average molecular weight is 513 g/mol. The number of esters is 3. The molecule has 0 N–H and O–H groups in total. The Morgan fingerprint density at radius 3 is 2.14 bits per heavy atom. The predicted octanol–water partition coefficient (Wildman–Crippen LogP) is 4.83. The lowest BCUT2D eigenvalue weighted by atomic mass is 9.49. The molecule has 0 radical (unpaired) electrons. The molecule has 6 aliphatic carbocycles. The number of hydrogen-bond acceptors (Lipinski definition) is 6. The summed E-state index contributed by atoms with van der Waals surface area (Å²) in [6, 6.07) is 0. The number of ether oxygens (including phenoxy) is 3. The zero-order valence-corrected chi connectivity index (χ0v) is 21.0. The molecule has 7 rings (SSSR count). The summed E-state index contributed by atoms with van der Waals surface area (Å²) in [7, 11) is 0. The molecule has 7 atom stereocenters. The molecule has 9 heteroatoms. The summed E-state index contributed by atoms with van der Waals surface area (Å²) >= 11 is 0. The zero-order chi connectivity index (χ0) is 25.8. The SMILES string of the molecule is CCC1(OC(=O)C2C3CC4C(OC(=O)C42)C3OC(=O)C(C)(CC)C(F)(F)F)C2CC3CC(C2)CC1C3. The van der Waals surface area contributed by atoms with Crippen LogP contribution < -0.4 is 0 Å². The second-order valence-corrected chi connectivity index (χ2v) is 12.6. The van der Waals surface area contributed by atoms with Gasteiger partial charge in [0.05, 0.1) is 11.8 Å². The fraction of sp³-hybridized carbons (Fsp3) is 0.889. The Bertz CT molecular complexity index is 949. The van der Waals surface area contributed by atoms with Gasteiger partial charge in [0.1, 0.15) is 17.8 Å². The van der Waals surface area contributed by atoms with E-state index in [1.165, 1.54) is 13.3 Å². The van der Waals surface area contributed by atoms with Crippen LogP contribution in [0.4, 0.5) is 13.2 Å². The van der Waals surface area contributed by atoms with Gasteiger partial charge in [0.15, 0.2) is 5.41 Å². The van der Waals surface area contributed by atoms with Crippen LogP contribution in [-0.4, -0.2) is 41.9 Å². The van der Waals surface area contributed by atoms with Crippen LogP contribution in [0.3, 0.4) is 0 Å². The van der Waals surface area contributed by atoms with E-state index in [9.17, 15) is 27.6 Å². The molecule has 6 bridgehead atoms. The Kier molecular flexibility index (Phi) is 5.35. The summed E-state index contributed by atoms with van der Waals surface area (Å²) < 4.78 is 58.5. The Balaban J connectivity index is 1.25. The molecule has 7 unspecified atom stereocenters. The van der Waals surface area contributed by atoms with Crippen molar-refractivity contribution >= 4 is 17.9 Å². The number of hydrogen-bond donors (Lipinski definition) is 0. The quantitative estimate of drug-likeness (QED) is 0.375. The first-order chi connectivity index (χ1) is 16.9. The van der Waals surface area contributed by atoms with Crippen molar-refractivity contribution in [2.24, 2.45) is 52.8 Å². The lowest BCUT2D eigenvalue weighted by Gasteiger charge is -2.60. The highest BCUT2D eigenvalue weighted by Crippen LogP contribution is 2.63. The normalized spacial score (nSPS) is 47.6. The molecule has 0 aromatic heterocycles. The molecule has 1 saturated heterocycles. The summed E-state index contributed by atoms with van der Waals surface area (Å²) in [5.74, 6) is -2.79. The summed E-state index contributed by atoms with van der Waals surface area (Å²) in [4.78, 5) is 39.4. The van der Waals surface area contributed by atoms with E-state index in [1.807, 2.05) is 0 Å². The highest BCUT2D eigenvalue weighted by Gasteiger charge is 2.72. The van der Waals surface area contributed by atoms with Crippen molar-refractivity contribution in [2.45, 2.75) is 96.1 Å². The fourth-order valence-corrected chi connectivity index (χ4v) is 9.24. The summed E-state index contributed by atoms with van der Waals surface area (Å²) in [5.41, 5.74) is -3.21. The molecular formula is C27H35F3O6. The Labute approximate surface area is 209 Å². The summed E-state index contributed by atoms with van der Waals surface area (Å²) in [6.07, 6.45) is -0.481. The van der Waals surface area contributed by atoms with Crippen molar-refractivity contribution in [3.8, 4) is 0 Å². The van der Waals surface area contributed by atoms with E-state index in [0.717, 1.165) is 32.6 Å². The Morgan fingerprint density at radius 1 is 1.00 bits per heavy atom.